The first-order chi connectivity index (χ1) is 11.1. The highest BCUT2D eigenvalue weighted by Crippen LogP contribution is 2.23. The molecule has 0 unspecified atom stereocenters. The lowest BCUT2D eigenvalue weighted by Gasteiger charge is -2.35. The number of benzene rings is 1. The summed E-state index contributed by atoms with van der Waals surface area (Å²) in [5.74, 6) is 0.960. The number of hydrogen-bond acceptors (Lipinski definition) is 3. The first kappa shape index (κ1) is 15.6. The van der Waals surface area contributed by atoms with Crippen LogP contribution in [-0.4, -0.2) is 61.1 Å². The lowest BCUT2D eigenvalue weighted by Crippen LogP contribution is -2.52. The molecule has 124 valence electrons. The van der Waals surface area contributed by atoms with Crippen LogP contribution in [-0.2, 0) is 11.2 Å². The van der Waals surface area contributed by atoms with Gasteiger partial charge in [0, 0.05) is 26.6 Å². The highest BCUT2D eigenvalue weighted by Gasteiger charge is 2.41. The van der Waals surface area contributed by atoms with E-state index in [-0.39, 0.29) is 24.0 Å². The number of methoxy groups -OCH3 is 1. The van der Waals surface area contributed by atoms with Gasteiger partial charge in [0.05, 0.1) is 19.2 Å². The van der Waals surface area contributed by atoms with Gasteiger partial charge in [-0.25, -0.2) is 4.79 Å². The Labute approximate surface area is 136 Å². The topological polar surface area (TPSA) is 61.9 Å². The van der Waals surface area contributed by atoms with E-state index in [0.29, 0.717) is 25.9 Å². The predicted octanol–water partition coefficient (Wildman–Crippen LogP) is 1.25. The van der Waals surface area contributed by atoms with Gasteiger partial charge in [-0.3, -0.25) is 4.79 Å². The fraction of sp³-hybridized carbons (Fsp3) is 0.529. The second-order valence-corrected chi connectivity index (χ2v) is 6.17. The van der Waals surface area contributed by atoms with Crippen LogP contribution < -0.4 is 10.1 Å². The van der Waals surface area contributed by atoms with E-state index >= 15 is 0 Å². The zero-order chi connectivity index (χ0) is 16.4. The lowest BCUT2D eigenvalue weighted by atomic mass is 9.99. The maximum Gasteiger partial charge on any atom is 0.317 e. The molecule has 2 atom stereocenters. The number of likely N-dealkylation sites (N-methyl/N-ethyl adjacent to an activating group) is 1. The van der Waals surface area contributed by atoms with Crippen molar-refractivity contribution in [2.45, 2.75) is 31.3 Å². The van der Waals surface area contributed by atoms with Crippen molar-refractivity contribution in [1.29, 1.82) is 0 Å². The average Bonchev–Trinajstić information content (AvgIpc) is 2.86. The van der Waals surface area contributed by atoms with Gasteiger partial charge in [0.25, 0.3) is 0 Å². The molecule has 0 radical (unpaired) electrons. The average molecular weight is 317 g/mol. The molecule has 3 amide bonds. The van der Waals surface area contributed by atoms with Crippen LogP contribution in [0.1, 0.15) is 18.4 Å². The van der Waals surface area contributed by atoms with Crippen molar-refractivity contribution in [2.24, 2.45) is 0 Å². The highest BCUT2D eigenvalue weighted by atomic mass is 16.5. The number of ether oxygens (including phenoxy) is 1. The summed E-state index contributed by atoms with van der Waals surface area (Å²) in [4.78, 5) is 27.8. The minimum atomic E-state index is -0.0386. The van der Waals surface area contributed by atoms with Crippen molar-refractivity contribution in [3.63, 3.8) is 0 Å². The van der Waals surface area contributed by atoms with Gasteiger partial charge in [0.1, 0.15) is 5.75 Å². The van der Waals surface area contributed by atoms with Crippen LogP contribution in [0.4, 0.5) is 4.79 Å². The van der Waals surface area contributed by atoms with Crippen molar-refractivity contribution < 1.29 is 14.3 Å². The number of fused-ring (bicyclic) bond motifs is 1. The Hall–Kier alpha value is -2.24. The van der Waals surface area contributed by atoms with E-state index < -0.39 is 0 Å². The van der Waals surface area contributed by atoms with E-state index in [2.05, 4.69) is 5.32 Å². The third-order valence-corrected chi connectivity index (χ3v) is 4.86. The molecule has 2 saturated heterocycles. The third-order valence-electron chi connectivity index (χ3n) is 4.86. The van der Waals surface area contributed by atoms with Gasteiger partial charge in [-0.2, -0.15) is 0 Å². The largest absolute Gasteiger partial charge is 0.496 e. The molecule has 6 heteroatoms. The van der Waals surface area contributed by atoms with Crippen LogP contribution in [0.15, 0.2) is 24.3 Å². The first-order valence-corrected chi connectivity index (χ1v) is 8.03. The summed E-state index contributed by atoms with van der Waals surface area (Å²) in [7, 11) is 3.46. The molecule has 3 rings (SSSR count). The minimum absolute atomic E-state index is 0.0386. The minimum Gasteiger partial charge on any atom is -0.496 e. The van der Waals surface area contributed by atoms with Crippen LogP contribution in [0.5, 0.6) is 5.75 Å². The summed E-state index contributed by atoms with van der Waals surface area (Å²) in [6.07, 6.45) is 1.96. The zero-order valence-corrected chi connectivity index (χ0v) is 13.6. The Morgan fingerprint density at radius 3 is 2.96 bits per heavy atom. The summed E-state index contributed by atoms with van der Waals surface area (Å²) in [6, 6.07) is 8.01. The number of nitrogens with one attached hydrogen (secondary N) is 1. The maximum absolute atomic E-state index is 12.5. The summed E-state index contributed by atoms with van der Waals surface area (Å²) in [5.41, 5.74) is 1.05. The Kier molecular flexibility index (Phi) is 4.41. The molecule has 2 fully saturated rings. The van der Waals surface area contributed by atoms with Gasteiger partial charge in [-0.1, -0.05) is 18.2 Å². The van der Waals surface area contributed by atoms with E-state index in [1.54, 1.807) is 12.0 Å². The second kappa shape index (κ2) is 6.48. The summed E-state index contributed by atoms with van der Waals surface area (Å²) in [6.45, 7) is 1.32. The third kappa shape index (κ3) is 3.11. The smallest absolute Gasteiger partial charge is 0.317 e. The van der Waals surface area contributed by atoms with E-state index in [1.165, 1.54) is 0 Å². The Morgan fingerprint density at radius 2 is 2.17 bits per heavy atom. The number of carbonyl (C=O) groups excluding carboxylic acids is 2. The van der Waals surface area contributed by atoms with Gasteiger partial charge >= 0.3 is 6.03 Å². The molecule has 1 N–H and O–H groups in total. The number of piperidine rings is 1. The van der Waals surface area contributed by atoms with E-state index in [0.717, 1.165) is 17.7 Å². The fourth-order valence-corrected chi connectivity index (χ4v) is 3.49. The number of hydrogen-bond donors (Lipinski definition) is 1. The quantitative estimate of drug-likeness (QED) is 0.909. The fourth-order valence-electron chi connectivity index (χ4n) is 3.49. The highest BCUT2D eigenvalue weighted by molar-refractivity contribution is 5.79. The number of nitrogens with zero attached hydrogens (tertiary/aromatic N) is 2. The van der Waals surface area contributed by atoms with Gasteiger partial charge < -0.3 is 19.9 Å². The molecule has 23 heavy (non-hydrogen) atoms. The van der Waals surface area contributed by atoms with E-state index in [9.17, 15) is 9.59 Å². The molecule has 2 aliphatic heterocycles. The number of rotatable bonds is 4. The van der Waals surface area contributed by atoms with Crippen LogP contribution in [0.25, 0.3) is 0 Å². The van der Waals surface area contributed by atoms with Crippen molar-refractivity contribution in [1.82, 2.24) is 15.1 Å². The summed E-state index contributed by atoms with van der Waals surface area (Å²) < 4.78 is 5.33. The van der Waals surface area contributed by atoms with Gasteiger partial charge in [0.15, 0.2) is 0 Å². The van der Waals surface area contributed by atoms with Crippen LogP contribution in [0, 0.1) is 0 Å². The SMILES string of the molecule is COc1ccccc1CCC(=O)N1CC[C@H]2[C@@H](C1)NC(=O)N2C. The number of urea groups is 1. The van der Waals surface area contributed by atoms with Crippen molar-refractivity contribution >= 4 is 11.9 Å². The number of carbonyl (C=O) groups is 2. The molecule has 0 spiro atoms. The molecule has 1 aromatic carbocycles. The number of para-hydroxylation sites is 1. The standard InChI is InChI=1S/C17H23N3O3/c1-19-14-9-10-20(11-13(14)18-17(19)22)16(21)8-7-12-5-3-4-6-15(12)23-2/h3-6,13-14H,7-11H2,1-2H3,(H,18,22)/t13-,14+/m1/s1. The van der Waals surface area contributed by atoms with Crippen LogP contribution in [0.3, 0.4) is 0 Å². The number of aryl methyl sites for hydroxylation is 1. The molecule has 2 aliphatic rings. The maximum atomic E-state index is 12.5. The molecular weight excluding hydrogens is 294 g/mol. The van der Waals surface area contributed by atoms with Gasteiger partial charge in [0.2, 0.25) is 5.91 Å². The normalized spacial score (nSPS) is 23.5. The molecule has 2 heterocycles. The second-order valence-electron chi connectivity index (χ2n) is 6.17. The zero-order valence-electron chi connectivity index (χ0n) is 13.6. The molecule has 0 aliphatic carbocycles. The van der Waals surface area contributed by atoms with Crippen LogP contribution in [0.2, 0.25) is 0 Å². The molecule has 1 aromatic rings. The van der Waals surface area contributed by atoms with Crippen molar-refractivity contribution in [3.05, 3.63) is 29.8 Å². The molecule has 0 aromatic heterocycles. The molecule has 0 saturated carbocycles. The Balaban J connectivity index is 1.56. The van der Waals surface area contributed by atoms with Gasteiger partial charge in [-0.05, 0) is 24.5 Å². The first-order valence-electron chi connectivity index (χ1n) is 8.03. The van der Waals surface area contributed by atoms with E-state index in [1.807, 2.05) is 36.2 Å². The number of amides is 3. The summed E-state index contributed by atoms with van der Waals surface area (Å²) >= 11 is 0. The molecule has 6 nitrogen and oxygen atoms in total. The van der Waals surface area contributed by atoms with Crippen molar-refractivity contribution in [3.8, 4) is 5.75 Å². The van der Waals surface area contributed by atoms with Crippen molar-refractivity contribution in [2.75, 3.05) is 27.2 Å². The molecular formula is C17H23N3O3. The Bertz CT molecular complexity index is 605. The predicted molar refractivity (Wildman–Crippen MR) is 86.4 cm³/mol. The molecule has 0 bridgehead atoms. The summed E-state index contributed by atoms with van der Waals surface area (Å²) in [5, 5.41) is 2.96. The van der Waals surface area contributed by atoms with E-state index in [4.69, 9.17) is 4.74 Å². The van der Waals surface area contributed by atoms with Crippen LogP contribution >= 0.6 is 0 Å². The number of likely N-dealkylation sites (tertiary alicyclic amines) is 1. The lowest BCUT2D eigenvalue weighted by molar-refractivity contribution is -0.132. The van der Waals surface area contributed by atoms with Gasteiger partial charge in [-0.15, -0.1) is 0 Å². The Morgan fingerprint density at radius 1 is 1.39 bits per heavy atom. The monoisotopic (exact) mass is 317 g/mol.